The highest BCUT2D eigenvalue weighted by atomic mass is 16.3. The number of rotatable bonds is 5. The third-order valence-corrected chi connectivity index (χ3v) is 5.84. The number of aliphatic hydroxyl groups is 1. The Kier molecular flexibility index (Phi) is 4.83. The van der Waals surface area contributed by atoms with Crippen molar-refractivity contribution in [2.75, 3.05) is 13.1 Å². The highest BCUT2D eigenvalue weighted by molar-refractivity contribution is 5.83. The predicted molar refractivity (Wildman–Crippen MR) is 104 cm³/mol. The fourth-order valence-corrected chi connectivity index (χ4v) is 4.24. The minimum absolute atomic E-state index is 0.296. The molecule has 1 aliphatic rings. The van der Waals surface area contributed by atoms with Gasteiger partial charge >= 0.3 is 0 Å². The molecule has 5 heteroatoms. The van der Waals surface area contributed by atoms with Gasteiger partial charge in [0.15, 0.2) is 0 Å². The molecule has 0 saturated carbocycles. The number of benzene rings is 1. The number of hydrogen-bond acceptors (Lipinski definition) is 3. The van der Waals surface area contributed by atoms with Crippen LogP contribution in [-0.4, -0.2) is 37.2 Å². The molecule has 1 fully saturated rings. The summed E-state index contributed by atoms with van der Waals surface area (Å²) in [7, 11) is 1.95. The second kappa shape index (κ2) is 7.25. The summed E-state index contributed by atoms with van der Waals surface area (Å²) in [6.07, 6.45) is 7.41. The van der Waals surface area contributed by atoms with Crippen molar-refractivity contribution in [2.45, 2.75) is 39.0 Å². The zero-order valence-corrected chi connectivity index (χ0v) is 15.7. The molecule has 0 spiro atoms. The number of hydrogen-bond donors (Lipinski definition) is 1. The first-order chi connectivity index (χ1) is 12.7. The SMILES string of the molecule is CCn1ccc2c(CN3CCC([C@@H](O)c4nccn4C)CC3)cccc21. The van der Waals surface area contributed by atoms with Gasteiger partial charge in [-0.25, -0.2) is 4.98 Å². The zero-order chi connectivity index (χ0) is 18.1. The number of aromatic nitrogens is 3. The summed E-state index contributed by atoms with van der Waals surface area (Å²) >= 11 is 0. The van der Waals surface area contributed by atoms with Crippen LogP contribution in [0.25, 0.3) is 10.9 Å². The highest BCUT2D eigenvalue weighted by Gasteiger charge is 2.28. The van der Waals surface area contributed by atoms with Crippen LogP contribution in [0.15, 0.2) is 42.9 Å². The van der Waals surface area contributed by atoms with E-state index in [1.807, 2.05) is 17.8 Å². The van der Waals surface area contributed by atoms with E-state index in [4.69, 9.17) is 0 Å². The Morgan fingerprint density at radius 2 is 2.00 bits per heavy atom. The van der Waals surface area contributed by atoms with Crippen molar-refractivity contribution >= 4 is 10.9 Å². The molecule has 1 N–H and O–H groups in total. The summed E-state index contributed by atoms with van der Waals surface area (Å²) in [4.78, 5) is 6.83. The van der Waals surface area contributed by atoms with Gasteiger partial charge in [-0.2, -0.15) is 0 Å². The fourth-order valence-electron chi connectivity index (χ4n) is 4.24. The number of fused-ring (bicyclic) bond motifs is 1. The van der Waals surface area contributed by atoms with E-state index in [0.717, 1.165) is 44.8 Å². The first-order valence-electron chi connectivity index (χ1n) is 9.61. The maximum Gasteiger partial charge on any atom is 0.137 e. The first-order valence-corrected chi connectivity index (χ1v) is 9.61. The molecule has 26 heavy (non-hydrogen) atoms. The van der Waals surface area contributed by atoms with Crippen molar-refractivity contribution in [3.63, 3.8) is 0 Å². The average molecular weight is 352 g/mol. The van der Waals surface area contributed by atoms with Gasteiger partial charge in [0, 0.05) is 49.6 Å². The van der Waals surface area contributed by atoms with E-state index in [1.54, 1.807) is 6.20 Å². The number of nitrogens with zero attached hydrogens (tertiary/aromatic N) is 4. The van der Waals surface area contributed by atoms with Crippen molar-refractivity contribution in [3.05, 3.63) is 54.2 Å². The van der Waals surface area contributed by atoms with Gasteiger partial charge in [0.25, 0.3) is 0 Å². The van der Waals surface area contributed by atoms with E-state index in [9.17, 15) is 5.11 Å². The molecule has 4 rings (SSSR count). The van der Waals surface area contributed by atoms with E-state index in [1.165, 1.54) is 16.5 Å². The van der Waals surface area contributed by atoms with Crippen LogP contribution in [0.2, 0.25) is 0 Å². The zero-order valence-electron chi connectivity index (χ0n) is 15.7. The Bertz CT molecular complexity index is 873. The van der Waals surface area contributed by atoms with Gasteiger partial charge in [-0.15, -0.1) is 0 Å². The van der Waals surface area contributed by atoms with E-state index in [0.29, 0.717) is 5.92 Å². The highest BCUT2D eigenvalue weighted by Crippen LogP contribution is 2.31. The minimum atomic E-state index is -0.459. The summed E-state index contributed by atoms with van der Waals surface area (Å²) in [5, 5.41) is 12.0. The average Bonchev–Trinajstić information content (AvgIpc) is 3.28. The van der Waals surface area contributed by atoms with Crippen molar-refractivity contribution < 1.29 is 5.11 Å². The topological polar surface area (TPSA) is 46.2 Å². The van der Waals surface area contributed by atoms with Gasteiger partial charge in [-0.1, -0.05) is 12.1 Å². The van der Waals surface area contributed by atoms with Gasteiger partial charge in [-0.3, -0.25) is 4.90 Å². The number of imidazole rings is 1. The monoisotopic (exact) mass is 352 g/mol. The van der Waals surface area contributed by atoms with Crippen LogP contribution < -0.4 is 0 Å². The minimum Gasteiger partial charge on any atom is -0.385 e. The standard InChI is InChI=1S/C21H28N4O/c1-3-25-13-9-18-17(5-4-6-19(18)25)15-24-11-7-16(8-12-24)20(26)21-22-10-14-23(21)2/h4-6,9-10,13-14,16,20,26H,3,7-8,11-12,15H2,1-2H3/t20-/m1/s1. The maximum absolute atomic E-state index is 10.7. The lowest BCUT2D eigenvalue weighted by Gasteiger charge is -2.34. The van der Waals surface area contributed by atoms with Gasteiger partial charge in [0.1, 0.15) is 11.9 Å². The fraction of sp³-hybridized carbons (Fsp3) is 0.476. The summed E-state index contributed by atoms with van der Waals surface area (Å²) in [6, 6.07) is 8.86. The molecule has 3 heterocycles. The van der Waals surface area contributed by atoms with Gasteiger partial charge in [0.05, 0.1) is 0 Å². The lowest BCUT2D eigenvalue weighted by molar-refractivity contribution is 0.0493. The van der Waals surface area contributed by atoms with Gasteiger partial charge < -0.3 is 14.2 Å². The molecule has 0 amide bonds. The predicted octanol–water partition coefficient (Wildman–Crippen LogP) is 3.34. The molecule has 1 saturated heterocycles. The van der Waals surface area contributed by atoms with Crippen LogP contribution in [0, 0.1) is 5.92 Å². The Morgan fingerprint density at radius 1 is 1.19 bits per heavy atom. The molecule has 1 atom stereocenters. The molecule has 0 unspecified atom stereocenters. The largest absolute Gasteiger partial charge is 0.385 e. The first kappa shape index (κ1) is 17.3. The van der Waals surface area contributed by atoms with Crippen LogP contribution in [0.1, 0.15) is 37.3 Å². The van der Waals surface area contributed by atoms with Crippen molar-refractivity contribution in [1.29, 1.82) is 0 Å². The lowest BCUT2D eigenvalue weighted by Crippen LogP contribution is -2.35. The van der Waals surface area contributed by atoms with E-state index < -0.39 is 6.10 Å². The Morgan fingerprint density at radius 3 is 2.69 bits per heavy atom. The van der Waals surface area contributed by atoms with Crippen molar-refractivity contribution in [3.8, 4) is 0 Å². The molecule has 3 aromatic rings. The molecular weight excluding hydrogens is 324 g/mol. The quantitative estimate of drug-likeness (QED) is 0.766. The number of aryl methyl sites for hydroxylation is 2. The maximum atomic E-state index is 10.7. The Balaban J connectivity index is 1.41. The second-order valence-electron chi connectivity index (χ2n) is 7.41. The molecule has 0 bridgehead atoms. The second-order valence-corrected chi connectivity index (χ2v) is 7.41. The van der Waals surface area contributed by atoms with Crippen LogP contribution >= 0.6 is 0 Å². The molecule has 1 aromatic carbocycles. The van der Waals surface area contributed by atoms with Crippen LogP contribution in [-0.2, 0) is 20.1 Å². The summed E-state index contributed by atoms with van der Waals surface area (Å²) < 4.78 is 4.23. The third-order valence-electron chi connectivity index (χ3n) is 5.84. The Hall–Kier alpha value is -2.11. The number of likely N-dealkylation sites (tertiary alicyclic amines) is 1. The molecule has 2 aromatic heterocycles. The van der Waals surface area contributed by atoms with E-state index in [-0.39, 0.29) is 0 Å². The molecule has 138 valence electrons. The van der Waals surface area contributed by atoms with Crippen molar-refractivity contribution in [1.82, 2.24) is 19.0 Å². The van der Waals surface area contributed by atoms with E-state index in [2.05, 4.69) is 51.8 Å². The summed E-state index contributed by atoms with van der Waals surface area (Å²) in [5.74, 6) is 1.08. The van der Waals surface area contributed by atoms with Gasteiger partial charge in [-0.05, 0) is 56.5 Å². The molecular formula is C21H28N4O. The lowest BCUT2D eigenvalue weighted by atomic mass is 9.90. The molecule has 5 nitrogen and oxygen atoms in total. The van der Waals surface area contributed by atoms with Crippen LogP contribution in [0.4, 0.5) is 0 Å². The van der Waals surface area contributed by atoms with Crippen LogP contribution in [0.5, 0.6) is 0 Å². The van der Waals surface area contributed by atoms with Crippen molar-refractivity contribution in [2.24, 2.45) is 13.0 Å². The molecule has 0 radical (unpaired) electrons. The van der Waals surface area contributed by atoms with Crippen LogP contribution in [0.3, 0.4) is 0 Å². The van der Waals surface area contributed by atoms with E-state index >= 15 is 0 Å². The van der Waals surface area contributed by atoms with Gasteiger partial charge in [0.2, 0.25) is 0 Å². The number of aliphatic hydroxyl groups excluding tert-OH is 1. The smallest absolute Gasteiger partial charge is 0.137 e. The summed E-state index contributed by atoms with van der Waals surface area (Å²) in [5.41, 5.74) is 2.72. The molecule has 0 aliphatic carbocycles. The molecule has 1 aliphatic heterocycles. The normalized spacial score (nSPS) is 17.8. The third kappa shape index (κ3) is 3.17. The Labute approximate surface area is 154 Å². The number of piperidine rings is 1. The summed E-state index contributed by atoms with van der Waals surface area (Å²) in [6.45, 7) is 6.22.